The molecule has 0 radical (unpaired) electrons. The Morgan fingerprint density at radius 3 is 2.71 bits per heavy atom. The molecule has 1 aromatic heterocycles. The van der Waals surface area contributed by atoms with Crippen LogP contribution in [0.1, 0.15) is 35.3 Å². The number of nitrogens with two attached hydrogens (primary N) is 1. The number of halogens is 1. The minimum atomic E-state index is -0.724. The van der Waals surface area contributed by atoms with Gasteiger partial charge in [-0.05, 0) is 36.6 Å². The number of hydrogen-bond donors (Lipinski definition) is 2. The van der Waals surface area contributed by atoms with E-state index in [4.69, 9.17) is 5.73 Å². The fourth-order valence-electron chi connectivity index (χ4n) is 2.99. The van der Waals surface area contributed by atoms with E-state index in [0.29, 0.717) is 24.1 Å². The van der Waals surface area contributed by atoms with Gasteiger partial charge in [-0.15, -0.1) is 0 Å². The summed E-state index contributed by atoms with van der Waals surface area (Å²) in [7, 11) is 0. The van der Waals surface area contributed by atoms with E-state index in [0.717, 1.165) is 5.69 Å². The van der Waals surface area contributed by atoms with E-state index in [1.54, 1.807) is 25.4 Å². The number of aryl methyl sites for hydroxylation is 1. The highest BCUT2D eigenvalue weighted by molar-refractivity contribution is 5.82. The maximum atomic E-state index is 13.7. The van der Waals surface area contributed by atoms with Crippen molar-refractivity contribution in [2.24, 2.45) is 5.73 Å². The van der Waals surface area contributed by atoms with Gasteiger partial charge in [0.25, 0.3) is 0 Å². The maximum absolute atomic E-state index is 13.7. The quantitative estimate of drug-likeness (QED) is 0.661. The summed E-state index contributed by atoms with van der Waals surface area (Å²) in [6, 6.07) is 14.0. The minimum Gasteiger partial charge on any atom is -0.348 e. The third-order valence-electron chi connectivity index (χ3n) is 4.72. The number of benzene rings is 2. The molecule has 6 heteroatoms. The van der Waals surface area contributed by atoms with Crippen molar-refractivity contribution < 1.29 is 9.18 Å². The first-order valence-electron chi connectivity index (χ1n) is 9.29. The van der Waals surface area contributed by atoms with Gasteiger partial charge in [0.15, 0.2) is 0 Å². The summed E-state index contributed by atoms with van der Waals surface area (Å²) in [5.74, 6) is -0.571. The van der Waals surface area contributed by atoms with E-state index in [2.05, 4.69) is 10.3 Å². The summed E-state index contributed by atoms with van der Waals surface area (Å²) < 4.78 is 15.7. The predicted molar refractivity (Wildman–Crippen MR) is 107 cm³/mol. The standard InChI is InChI=1S/C22H25FN4O/c1-15-8-9-18(10-20(15)23)16(2)26-22(28)21(24)11-19-13-27(14-25-19)12-17-6-4-3-5-7-17/h3-10,13-14,16,21H,11-12,24H2,1-2H3,(H,26,28)/t16?,21-/m0/s1. The fraction of sp³-hybridized carbons (Fsp3) is 0.273. The van der Waals surface area contributed by atoms with E-state index < -0.39 is 6.04 Å². The van der Waals surface area contributed by atoms with Gasteiger partial charge in [-0.2, -0.15) is 0 Å². The Balaban J connectivity index is 1.56. The molecule has 28 heavy (non-hydrogen) atoms. The normalized spacial score (nSPS) is 13.1. The van der Waals surface area contributed by atoms with Crippen LogP contribution in [0.15, 0.2) is 61.1 Å². The molecule has 1 amide bonds. The van der Waals surface area contributed by atoms with E-state index in [9.17, 15) is 9.18 Å². The average molecular weight is 380 g/mol. The second-order valence-electron chi connectivity index (χ2n) is 7.07. The SMILES string of the molecule is Cc1ccc(C(C)NC(=O)[C@@H](N)Cc2cn(Cc3ccccc3)cn2)cc1F. The highest BCUT2D eigenvalue weighted by Crippen LogP contribution is 2.16. The van der Waals surface area contributed by atoms with Crippen molar-refractivity contribution in [2.75, 3.05) is 0 Å². The Hall–Kier alpha value is -2.99. The number of carbonyl (C=O) groups is 1. The lowest BCUT2D eigenvalue weighted by atomic mass is 10.0. The number of amides is 1. The Morgan fingerprint density at radius 2 is 2.00 bits per heavy atom. The molecule has 1 unspecified atom stereocenters. The first-order chi connectivity index (χ1) is 13.4. The van der Waals surface area contributed by atoms with E-state index in [-0.39, 0.29) is 17.8 Å². The molecular weight excluding hydrogens is 355 g/mol. The van der Waals surface area contributed by atoms with Crippen LogP contribution >= 0.6 is 0 Å². The summed E-state index contributed by atoms with van der Waals surface area (Å²) in [4.78, 5) is 16.8. The van der Waals surface area contributed by atoms with Gasteiger partial charge in [0.05, 0.1) is 24.1 Å². The molecule has 0 aliphatic carbocycles. The van der Waals surface area contributed by atoms with Crippen LogP contribution in [0.2, 0.25) is 0 Å². The van der Waals surface area contributed by atoms with Crippen LogP contribution in [-0.4, -0.2) is 21.5 Å². The molecule has 0 fully saturated rings. The minimum absolute atomic E-state index is 0.285. The number of rotatable bonds is 7. The third-order valence-corrected chi connectivity index (χ3v) is 4.72. The molecule has 5 nitrogen and oxygen atoms in total. The van der Waals surface area contributed by atoms with Gasteiger partial charge in [0.1, 0.15) is 5.82 Å². The van der Waals surface area contributed by atoms with Crippen molar-refractivity contribution in [3.8, 4) is 0 Å². The van der Waals surface area contributed by atoms with Crippen LogP contribution in [-0.2, 0) is 17.8 Å². The van der Waals surface area contributed by atoms with Crippen molar-refractivity contribution >= 4 is 5.91 Å². The average Bonchev–Trinajstić information content (AvgIpc) is 3.11. The lowest BCUT2D eigenvalue weighted by Crippen LogP contribution is -2.43. The second-order valence-corrected chi connectivity index (χ2v) is 7.07. The second kappa shape index (κ2) is 8.80. The fourth-order valence-corrected chi connectivity index (χ4v) is 2.99. The number of imidazole rings is 1. The highest BCUT2D eigenvalue weighted by atomic mass is 19.1. The molecule has 3 aromatic rings. The van der Waals surface area contributed by atoms with Gasteiger partial charge in [-0.3, -0.25) is 4.79 Å². The van der Waals surface area contributed by atoms with Crippen molar-refractivity contribution in [2.45, 2.75) is 38.9 Å². The summed E-state index contributed by atoms with van der Waals surface area (Å²) in [5.41, 5.74) is 9.27. The molecular formula is C22H25FN4O. The predicted octanol–water partition coefficient (Wildman–Crippen LogP) is 3.13. The third kappa shape index (κ3) is 5.04. The van der Waals surface area contributed by atoms with Crippen LogP contribution in [0.4, 0.5) is 4.39 Å². The number of nitrogens with zero attached hydrogens (tertiary/aromatic N) is 2. The molecule has 0 aliphatic heterocycles. The summed E-state index contributed by atoms with van der Waals surface area (Å²) >= 11 is 0. The van der Waals surface area contributed by atoms with Crippen LogP contribution in [0, 0.1) is 12.7 Å². The Morgan fingerprint density at radius 1 is 1.25 bits per heavy atom. The molecule has 2 atom stereocenters. The summed E-state index contributed by atoms with van der Waals surface area (Å²) in [6.45, 7) is 4.23. The molecule has 0 aliphatic rings. The zero-order valence-corrected chi connectivity index (χ0v) is 16.1. The Labute approximate surface area is 164 Å². The maximum Gasteiger partial charge on any atom is 0.237 e. The monoisotopic (exact) mass is 380 g/mol. The first-order valence-corrected chi connectivity index (χ1v) is 9.29. The van der Waals surface area contributed by atoms with Crippen molar-refractivity contribution in [1.82, 2.24) is 14.9 Å². The molecule has 0 bridgehead atoms. The van der Waals surface area contributed by atoms with E-state index >= 15 is 0 Å². The molecule has 3 N–H and O–H groups in total. The molecule has 0 saturated heterocycles. The van der Waals surface area contributed by atoms with Crippen molar-refractivity contribution in [1.29, 1.82) is 0 Å². The topological polar surface area (TPSA) is 72.9 Å². The summed E-state index contributed by atoms with van der Waals surface area (Å²) in [6.07, 6.45) is 3.98. The van der Waals surface area contributed by atoms with Crippen LogP contribution in [0.3, 0.4) is 0 Å². The molecule has 2 aromatic carbocycles. The van der Waals surface area contributed by atoms with Gasteiger partial charge in [-0.1, -0.05) is 42.5 Å². The molecule has 146 valence electrons. The number of carbonyl (C=O) groups excluding carboxylic acids is 1. The van der Waals surface area contributed by atoms with Crippen molar-refractivity contribution in [3.05, 3.63) is 89.3 Å². The van der Waals surface area contributed by atoms with E-state index in [1.807, 2.05) is 48.0 Å². The Kier molecular flexibility index (Phi) is 6.21. The molecule has 3 rings (SSSR count). The van der Waals surface area contributed by atoms with Gasteiger partial charge in [-0.25, -0.2) is 9.37 Å². The number of aromatic nitrogens is 2. The first kappa shape index (κ1) is 19.8. The van der Waals surface area contributed by atoms with Gasteiger partial charge < -0.3 is 15.6 Å². The number of hydrogen-bond acceptors (Lipinski definition) is 3. The lowest BCUT2D eigenvalue weighted by molar-refractivity contribution is -0.123. The zero-order chi connectivity index (χ0) is 20.1. The van der Waals surface area contributed by atoms with Crippen LogP contribution in [0.25, 0.3) is 0 Å². The lowest BCUT2D eigenvalue weighted by Gasteiger charge is -2.18. The largest absolute Gasteiger partial charge is 0.348 e. The molecule has 0 saturated carbocycles. The summed E-state index contributed by atoms with van der Waals surface area (Å²) in [5, 5.41) is 2.84. The highest BCUT2D eigenvalue weighted by Gasteiger charge is 2.18. The van der Waals surface area contributed by atoms with Crippen molar-refractivity contribution in [3.63, 3.8) is 0 Å². The van der Waals surface area contributed by atoms with Gasteiger partial charge in [0, 0.05) is 19.2 Å². The Bertz CT molecular complexity index is 939. The van der Waals surface area contributed by atoms with E-state index in [1.165, 1.54) is 11.6 Å². The van der Waals surface area contributed by atoms with Crippen LogP contribution in [0.5, 0.6) is 0 Å². The van der Waals surface area contributed by atoms with Crippen LogP contribution < -0.4 is 11.1 Å². The van der Waals surface area contributed by atoms with Gasteiger partial charge >= 0.3 is 0 Å². The van der Waals surface area contributed by atoms with Gasteiger partial charge in [0.2, 0.25) is 5.91 Å². The zero-order valence-electron chi connectivity index (χ0n) is 16.1. The molecule has 1 heterocycles. The smallest absolute Gasteiger partial charge is 0.237 e. The number of nitrogens with one attached hydrogen (secondary N) is 1. The molecule has 0 spiro atoms.